The maximum absolute atomic E-state index is 13.7. The molecular weight excluding hydrogens is 438 g/mol. The fourth-order valence-corrected chi connectivity index (χ4v) is 4.58. The normalized spacial score (nSPS) is 12.0. The van der Waals surface area contributed by atoms with Crippen LogP contribution in [-0.2, 0) is 13.1 Å². The second kappa shape index (κ2) is 8.26. The number of aryl methyl sites for hydroxylation is 1. The maximum Gasteiger partial charge on any atom is 0.259 e. The summed E-state index contributed by atoms with van der Waals surface area (Å²) in [7, 11) is 4.42. The zero-order valence-electron chi connectivity index (χ0n) is 19.0. The van der Waals surface area contributed by atoms with Gasteiger partial charge in [-0.1, -0.05) is 0 Å². The van der Waals surface area contributed by atoms with E-state index in [1.54, 1.807) is 29.2 Å². The Morgan fingerprint density at radius 1 is 0.882 bits per heavy atom. The van der Waals surface area contributed by atoms with E-state index in [9.17, 15) is 14.7 Å². The molecule has 0 spiro atoms. The molecule has 0 aliphatic heterocycles. The lowest BCUT2D eigenvalue weighted by Gasteiger charge is -2.17. The number of nitrogens with zero attached hydrogens (tertiary/aromatic N) is 3. The van der Waals surface area contributed by atoms with Gasteiger partial charge in [-0.3, -0.25) is 9.59 Å². The van der Waals surface area contributed by atoms with E-state index in [0.29, 0.717) is 64.2 Å². The molecule has 0 saturated carbocycles. The highest BCUT2D eigenvalue weighted by Gasteiger charge is 2.34. The number of ketones is 1. The van der Waals surface area contributed by atoms with Crippen molar-refractivity contribution in [1.29, 1.82) is 0 Å². The lowest BCUT2D eigenvalue weighted by atomic mass is 10.0. The molecule has 5 rings (SSSR count). The summed E-state index contributed by atoms with van der Waals surface area (Å²) in [6.07, 6.45) is 5.90. The van der Waals surface area contributed by atoms with Crippen molar-refractivity contribution in [2.75, 3.05) is 21.3 Å². The molecule has 2 aromatic carbocycles. The third kappa shape index (κ3) is 3.20. The van der Waals surface area contributed by atoms with E-state index in [4.69, 9.17) is 14.2 Å². The van der Waals surface area contributed by atoms with Crippen LogP contribution in [0, 0.1) is 0 Å². The Bertz CT molecular complexity index is 1490. The molecule has 2 aromatic heterocycles. The summed E-state index contributed by atoms with van der Waals surface area (Å²) in [5.74, 6) is 0.658. The molecule has 9 heteroatoms. The highest BCUT2D eigenvalue weighted by atomic mass is 16.5. The molecule has 0 atom stereocenters. The molecule has 1 aliphatic carbocycles. The first-order valence-electron chi connectivity index (χ1n) is 10.7. The number of carbonyl (C=O) groups is 1. The van der Waals surface area contributed by atoms with Crippen LogP contribution in [0.3, 0.4) is 0 Å². The van der Waals surface area contributed by atoms with Gasteiger partial charge < -0.3 is 28.5 Å². The molecular formula is C25H23N3O6. The minimum atomic E-state index is -0.253. The number of imidazole rings is 1. The molecule has 0 radical (unpaired) electrons. The number of rotatable bonds is 7. The number of hydrogen-bond donors (Lipinski definition) is 1. The van der Waals surface area contributed by atoms with Crippen molar-refractivity contribution >= 4 is 16.6 Å². The molecule has 9 nitrogen and oxygen atoms in total. The Morgan fingerprint density at radius 3 is 2.24 bits per heavy atom. The van der Waals surface area contributed by atoms with Crippen molar-refractivity contribution in [2.45, 2.75) is 19.5 Å². The first-order valence-corrected chi connectivity index (χ1v) is 10.7. The van der Waals surface area contributed by atoms with E-state index in [1.165, 1.54) is 33.5 Å². The molecule has 34 heavy (non-hydrogen) atoms. The number of aromatic hydroxyl groups is 1. The zero-order chi connectivity index (χ0) is 24.0. The quantitative estimate of drug-likeness (QED) is 0.397. The van der Waals surface area contributed by atoms with Crippen molar-refractivity contribution < 1.29 is 24.1 Å². The molecule has 0 amide bonds. The Labute approximate surface area is 194 Å². The van der Waals surface area contributed by atoms with Crippen molar-refractivity contribution in [1.82, 2.24) is 14.1 Å². The smallest absolute Gasteiger partial charge is 0.259 e. The van der Waals surface area contributed by atoms with Crippen LogP contribution in [0.4, 0.5) is 0 Å². The van der Waals surface area contributed by atoms with Crippen molar-refractivity contribution in [3.05, 3.63) is 64.5 Å². The Morgan fingerprint density at radius 2 is 1.59 bits per heavy atom. The van der Waals surface area contributed by atoms with Gasteiger partial charge in [-0.25, -0.2) is 4.98 Å². The van der Waals surface area contributed by atoms with Crippen molar-refractivity contribution in [3.63, 3.8) is 0 Å². The number of methoxy groups -OCH3 is 3. The monoisotopic (exact) mass is 461 g/mol. The standard InChI is InChI=1S/C25H23N3O6/c1-32-19-11-16-15(9-18(19)29)23-22(24(16)30)14-10-20(33-2)21(34-3)12-17(14)25(31)28(23)7-4-6-27-8-5-26-13-27/h5,8-13,29H,4,6-7H2,1-3H3. The van der Waals surface area contributed by atoms with E-state index < -0.39 is 0 Å². The summed E-state index contributed by atoms with van der Waals surface area (Å²) in [6.45, 7) is 1.02. The molecule has 0 fully saturated rings. The predicted molar refractivity (Wildman–Crippen MR) is 125 cm³/mol. The van der Waals surface area contributed by atoms with E-state index in [-0.39, 0.29) is 22.8 Å². The van der Waals surface area contributed by atoms with Gasteiger partial charge in [0.15, 0.2) is 28.8 Å². The van der Waals surface area contributed by atoms with Gasteiger partial charge in [0.05, 0.1) is 44.3 Å². The average molecular weight is 461 g/mol. The van der Waals surface area contributed by atoms with Gasteiger partial charge in [0, 0.05) is 42.0 Å². The highest BCUT2D eigenvalue weighted by Crippen LogP contribution is 2.45. The molecule has 0 saturated heterocycles. The summed E-state index contributed by atoms with van der Waals surface area (Å²) in [5, 5.41) is 11.3. The van der Waals surface area contributed by atoms with Crippen molar-refractivity contribution in [3.8, 4) is 34.3 Å². The molecule has 4 aromatic rings. The summed E-state index contributed by atoms with van der Waals surface area (Å²) >= 11 is 0. The molecule has 1 N–H and O–H groups in total. The first kappa shape index (κ1) is 21.6. The zero-order valence-corrected chi connectivity index (χ0v) is 19.0. The second-order valence-electron chi connectivity index (χ2n) is 7.99. The van der Waals surface area contributed by atoms with Crippen LogP contribution in [0.1, 0.15) is 22.3 Å². The fraction of sp³-hybridized carbons (Fsp3) is 0.240. The number of fused-ring (bicyclic) bond motifs is 5. The summed E-state index contributed by atoms with van der Waals surface area (Å²) in [4.78, 5) is 31.4. The van der Waals surface area contributed by atoms with Crippen LogP contribution in [0.5, 0.6) is 23.0 Å². The SMILES string of the molecule is COc1cc2c(cc1O)-c1c(c3cc(OC)c(OC)cc3c(=O)n1CCCn1ccnc1)C2=O. The lowest BCUT2D eigenvalue weighted by molar-refractivity contribution is 0.104. The topological polar surface area (TPSA) is 105 Å². The van der Waals surface area contributed by atoms with Crippen molar-refractivity contribution in [2.24, 2.45) is 0 Å². The minimum absolute atomic E-state index is 0.105. The molecule has 1 aliphatic rings. The number of benzene rings is 2. The number of pyridine rings is 1. The van der Waals surface area contributed by atoms with Gasteiger partial charge in [-0.05, 0) is 30.7 Å². The van der Waals surface area contributed by atoms with E-state index in [0.717, 1.165) is 0 Å². The summed E-state index contributed by atoms with van der Waals surface area (Å²) in [6, 6.07) is 6.26. The van der Waals surface area contributed by atoms with Crippen LogP contribution in [-0.4, -0.2) is 46.3 Å². The number of ether oxygens (including phenoxy) is 3. The van der Waals surface area contributed by atoms with Crippen LogP contribution in [0.2, 0.25) is 0 Å². The number of aromatic nitrogens is 3. The first-order chi connectivity index (χ1) is 16.5. The lowest BCUT2D eigenvalue weighted by Crippen LogP contribution is -2.24. The Hall–Kier alpha value is -4.27. The molecule has 0 bridgehead atoms. The van der Waals surface area contributed by atoms with Gasteiger partial charge in [0.1, 0.15) is 0 Å². The molecule has 2 heterocycles. The Balaban J connectivity index is 1.77. The highest BCUT2D eigenvalue weighted by molar-refractivity contribution is 6.27. The third-order valence-corrected chi connectivity index (χ3v) is 6.18. The van der Waals surface area contributed by atoms with Gasteiger partial charge in [0.2, 0.25) is 0 Å². The number of phenols is 1. The second-order valence-corrected chi connectivity index (χ2v) is 7.99. The van der Waals surface area contributed by atoms with Gasteiger partial charge >= 0.3 is 0 Å². The van der Waals surface area contributed by atoms with E-state index in [2.05, 4.69) is 4.98 Å². The number of phenolic OH excluding ortho intramolecular Hbond substituents is 1. The predicted octanol–water partition coefficient (Wildman–Crippen LogP) is 3.23. The van der Waals surface area contributed by atoms with Crippen LogP contribution < -0.4 is 19.8 Å². The minimum Gasteiger partial charge on any atom is -0.504 e. The Kier molecular flexibility index (Phi) is 5.24. The summed E-state index contributed by atoms with van der Waals surface area (Å²) < 4.78 is 19.6. The van der Waals surface area contributed by atoms with Crippen LogP contribution >= 0.6 is 0 Å². The fourth-order valence-electron chi connectivity index (χ4n) is 4.58. The average Bonchev–Trinajstić information content (AvgIpc) is 3.46. The van der Waals surface area contributed by atoms with Gasteiger partial charge in [-0.15, -0.1) is 0 Å². The maximum atomic E-state index is 13.7. The number of carbonyl (C=O) groups excluding carboxylic acids is 1. The number of hydrogen-bond acceptors (Lipinski definition) is 7. The van der Waals surface area contributed by atoms with Gasteiger partial charge in [0.25, 0.3) is 5.56 Å². The summed E-state index contributed by atoms with van der Waals surface area (Å²) in [5.41, 5.74) is 1.48. The van der Waals surface area contributed by atoms with Gasteiger partial charge in [-0.2, -0.15) is 0 Å². The van der Waals surface area contributed by atoms with E-state index in [1.807, 2.05) is 10.8 Å². The third-order valence-electron chi connectivity index (χ3n) is 6.18. The molecule has 0 unspecified atom stereocenters. The van der Waals surface area contributed by atoms with E-state index >= 15 is 0 Å². The molecule has 174 valence electrons. The van der Waals surface area contributed by atoms with Crippen LogP contribution in [0.25, 0.3) is 22.0 Å². The van der Waals surface area contributed by atoms with Crippen LogP contribution in [0.15, 0.2) is 47.8 Å². The largest absolute Gasteiger partial charge is 0.504 e.